The van der Waals surface area contributed by atoms with Gasteiger partial charge in [-0.25, -0.2) is 9.98 Å². The maximum absolute atomic E-state index is 4.59. The van der Waals surface area contributed by atoms with Crippen LogP contribution in [0.5, 0.6) is 0 Å². The fraction of sp³-hybridized carbons (Fsp3) is 0.375. The Kier molecular flexibility index (Phi) is 7.56. The monoisotopic (exact) mass is 471 g/mol. The molecule has 3 aromatic rings. The van der Waals surface area contributed by atoms with Gasteiger partial charge in [0, 0.05) is 18.1 Å². The van der Waals surface area contributed by atoms with E-state index >= 15 is 0 Å². The molecule has 3 heterocycles. The van der Waals surface area contributed by atoms with E-state index in [-0.39, 0.29) is 24.0 Å². The van der Waals surface area contributed by atoms with Crippen molar-refractivity contribution in [2.75, 3.05) is 6.54 Å². The summed E-state index contributed by atoms with van der Waals surface area (Å²) < 4.78 is 1.96. The maximum Gasteiger partial charge on any atom is 0.192 e. The molecule has 0 spiro atoms. The van der Waals surface area contributed by atoms with Crippen LogP contribution in [-0.2, 0) is 19.5 Å². The second-order valence-corrected chi connectivity index (χ2v) is 6.12. The molecular weight excluding hydrogens is 449 g/mol. The van der Waals surface area contributed by atoms with Crippen LogP contribution in [0.25, 0.3) is 5.65 Å². The van der Waals surface area contributed by atoms with Crippen molar-refractivity contribution >= 4 is 46.9 Å². The van der Waals surface area contributed by atoms with Gasteiger partial charge < -0.3 is 10.6 Å². The van der Waals surface area contributed by atoms with Gasteiger partial charge in [0.15, 0.2) is 17.4 Å². The summed E-state index contributed by atoms with van der Waals surface area (Å²) in [6.45, 7) is 6.06. The fourth-order valence-electron chi connectivity index (χ4n) is 2.26. The van der Waals surface area contributed by atoms with Crippen LogP contribution < -0.4 is 10.6 Å². The molecule has 0 aliphatic carbocycles. The summed E-state index contributed by atoms with van der Waals surface area (Å²) in [5.41, 5.74) is 1.84. The molecule has 0 aliphatic heterocycles. The van der Waals surface area contributed by atoms with Crippen molar-refractivity contribution in [3.05, 3.63) is 46.3 Å². The van der Waals surface area contributed by atoms with E-state index in [2.05, 4.69) is 43.1 Å². The first-order valence-corrected chi connectivity index (χ1v) is 8.92. The average Bonchev–Trinajstić information content (AvgIpc) is 3.24. The molecule has 25 heavy (non-hydrogen) atoms. The molecule has 2 N–H and O–H groups in total. The van der Waals surface area contributed by atoms with Crippen LogP contribution in [0.1, 0.15) is 30.4 Å². The third-order valence-corrected chi connectivity index (χ3v) is 4.49. The Morgan fingerprint density at radius 3 is 2.88 bits per heavy atom. The zero-order valence-electron chi connectivity index (χ0n) is 14.3. The predicted molar refractivity (Wildman–Crippen MR) is 112 cm³/mol. The Bertz CT molecular complexity index is 827. The zero-order chi connectivity index (χ0) is 16.8. The number of hydrogen-bond donors (Lipinski definition) is 2. The molecular formula is C16H22IN7S. The number of guanidine groups is 1. The lowest BCUT2D eigenvalue weighted by Crippen LogP contribution is -2.37. The average molecular weight is 471 g/mol. The van der Waals surface area contributed by atoms with Crippen molar-refractivity contribution in [3.8, 4) is 0 Å². The Labute approximate surface area is 168 Å². The summed E-state index contributed by atoms with van der Waals surface area (Å²) >= 11 is 1.68. The highest BCUT2D eigenvalue weighted by Gasteiger charge is 2.06. The lowest BCUT2D eigenvalue weighted by Gasteiger charge is -2.10. The molecule has 3 rings (SSSR count). The summed E-state index contributed by atoms with van der Waals surface area (Å²) in [5, 5.41) is 18.1. The molecule has 0 saturated carbocycles. The van der Waals surface area contributed by atoms with E-state index in [0.717, 1.165) is 41.1 Å². The smallest absolute Gasteiger partial charge is 0.192 e. The summed E-state index contributed by atoms with van der Waals surface area (Å²) in [6.07, 6.45) is 2.92. The number of halogens is 1. The molecule has 0 aliphatic rings. The van der Waals surface area contributed by atoms with E-state index in [1.54, 1.807) is 11.3 Å². The molecule has 0 unspecified atom stereocenters. The number of aliphatic imine (C=N–C) groups is 1. The van der Waals surface area contributed by atoms with Crippen molar-refractivity contribution in [1.82, 2.24) is 30.2 Å². The molecule has 7 nitrogen and oxygen atoms in total. The van der Waals surface area contributed by atoms with Crippen LogP contribution in [0.4, 0.5) is 0 Å². The minimum absolute atomic E-state index is 0. The van der Waals surface area contributed by atoms with Gasteiger partial charge in [0.25, 0.3) is 0 Å². The number of aromatic nitrogens is 4. The van der Waals surface area contributed by atoms with Gasteiger partial charge >= 0.3 is 0 Å². The largest absolute Gasteiger partial charge is 0.357 e. The molecule has 9 heteroatoms. The zero-order valence-corrected chi connectivity index (χ0v) is 17.4. The molecule has 0 fully saturated rings. The van der Waals surface area contributed by atoms with E-state index in [0.29, 0.717) is 13.1 Å². The third kappa shape index (κ3) is 5.11. The van der Waals surface area contributed by atoms with Gasteiger partial charge in [0.2, 0.25) is 0 Å². The maximum atomic E-state index is 4.59. The highest BCUT2D eigenvalue weighted by Crippen LogP contribution is 2.10. The quantitative estimate of drug-likeness (QED) is 0.328. The number of rotatable bonds is 6. The molecule has 0 saturated heterocycles. The summed E-state index contributed by atoms with van der Waals surface area (Å²) in [5.74, 6) is 1.59. The third-order valence-electron chi connectivity index (χ3n) is 3.44. The van der Waals surface area contributed by atoms with Gasteiger partial charge in [-0.05, 0) is 25.5 Å². The van der Waals surface area contributed by atoms with Gasteiger partial charge in [0.05, 0.1) is 23.8 Å². The van der Waals surface area contributed by atoms with Crippen molar-refractivity contribution < 1.29 is 0 Å². The van der Waals surface area contributed by atoms with Crippen LogP contribution in [0.3, 0.4) is 0 Å². The molecule has 0 atom stereocenters. The SMILES string of the molecule is CCNC(=NCc1csc(CC)n1)NCc1nnc2ccccn12.I. The number of nitrogens with one attached hydrogen (secondary N) is 2. The van der Waals surface area contributed by atoms with Crippen LogP contribution in [0, 0.1) is 0 Å². The Morgan fingerprint density at radius 2 is 2.12 bits per heavy atom. The van der Waals surface area contributed by atoms with Crippen molar-refractivity contribution in [1.29, 1.82) is 0 Å². The van der Waals surface area contributed by atoms with Crippen molar-refractivity contribution in [2.24, 2.45) is 4.99 Å². The molecule has 3 aromatic heterocycles. The van der Waals surface area contributed by atoms with Gasteiger partial charge in [-0.3, -0.25) is 4.40 Å². The van der Waals surface area contributed by atoms with Crippen molar-refractivity contribution in [3.63, 3.8) is 0 Å². The van der Waals surface area contributed by atoms with Crippen LogP contribution in [0.2, 0.25) is 0 Å². The van der Waals surface area contributed by atoms with Crippen LogP contribution >= 0.6 is 35.3 Å². The topological polar surface area (TPSA) is 79.5 Å². The lowest BCUT2D eigenvalue weighted by molar-refractivity contribution is 0.764. The normalized spacial score (nSPS) is 11.4. The minimum atomic E-state index is 0. The molecule has 0 amide bonds. The van der Waals surface area contributed by atoms with Gasteiger partial charge in [-0.2, -0.15) is 0 Å². The van der Waals surface area contributed by atoms with Crippen molar-refractivity contribution in [2.45, 2.75) is 33.4 Å². The number of fused-ring (bicyclic) bond motifs is 1. The lowest BCUT2D eigenvalue weighted by atomic mass is 10.4. The number of pyridine rings is 1. The summed E-state index contributed by atoms with van der Waals surface area (Å²) in [7, 11) is 0. The van der Waals surface area contributed by atoms with E-state index in [1.165, 1.54) is 0 Å². The first-order valence-electron chi connectivity index (χ1n) is 8.04. The molecule has 134 valence electrons. The van der Waals surface area contributed by atoms with Crippen LogP contribution in [0.15, 0.2) is 34.8 Å². The second-order valence-electron chi connectivity index (χ2n) is 5.18. The minimum Gasteiger partial charge on any atom is -0.357 e. The van der Waals surface area contributed by atoms with Gasteiger partial charge in [0.1, 0.15) is 0 Å². The molecule has 0 bridgehead atoms. The highest BCUT2D eigenvalue weighted by molar-refractivity contribution is 14.0. The predicted octanol–water partition coefficient (Wildman–Crippen LogP) is 2.62. The number of thiazole rings is 1. The second kappa shape index (κ2) is 9.66. The first kappa shape index (κ1) is 19.6. The Morgan fingerprint density at radius 1 is 1.24 bits per heavy atom. The Balaban J connectivity index is 0.00000225. The molecule has 0 aromatic carbocycles. The van der Waals surface area contributed by atoms with Gasteiger partial charge in [-0.1, -0.05) is 13.0 Å². The number of aryl methyl sites for hydroxylation is 1. The standard InChI is InChI=1S/C16H21N7S.HI/c1-3-15-20-12(11-24-15)9-18-16(17-4-2)19-10-14-22-21-13-7-5-6-8-23(13)14;/h5-8,11H,3-4,9-10H2,1-2H3,(H2,17,18,19);1H. The van der Waals surface area contributed by atoms with E-state index in [9.17, 15) is 0 Å². The van der Waals surface area contributed by atoms with Crippen LogP contribution in [-0.4, -0.2) is 32.1 Å². The highest BCUT2D eigenvalue weighted by atomic mass is 127. The van der Waals surface area contributed by atoms with Gasteiger partial charge in [-0.15, -0.1) is 45.5 Å². The summed E-state index contributed by atoms with van der Waals surface area (Å²) in [4.78, 5) is 9.13. The fourth-order valence-corrected chi connectivity index (χ4v) is 3.00. The number of nitrogens with zero attached hydrogens (tertiary/aromatic N) is 5. The van der Waals surface area contributed by atoms with E-state index in [4.69, 9.17) is 0 Å². The van der Waals surface area contributed by atoms with E-state index < -0.39 is 0 Å². The van der Waals surface area contributed by atoms with E-state index in [1.807, 2.05) is 35.7 Å². The first-order chi connectivity index (χ1) is 11.8. The molecule has 0 radical (unpaired) electrons. The Hall–Kier alpha value is -1.75. The number of hydrogen-bond acceptors (Lipinski definition) is 5. The summed E-state index contributed by atoms with van der Waals surface area (Å²) in [6, 6.07) is 5.85.